The van der Waals surface area contributed by atoms with Crippen molar-refractivity contribution in [3.63, 3.8) is 0 Å². The number of para-hydroxylation sites is 1. The lowest BCUT2D eigenvalue weighted by Gasteiger charge is -2.12. The van der Waals surface area contributed by atoms with Crippen molar-refractivity contribution in [1.29, 1.82) is 0 Å². The molecule has 1 atom stereocenters. The summed E-state index contributed by atoms with van der Waals surface area (Å²) in [5, 5.41) is 9.30. The van der Waals surface area contributed by atoms with E-state index in [0.29, 0.717) is 11.0 Å². The van der Waals surface area contributed by atoms with Crippen LogP contribution in [0.4, 0.5) is 0 Å². The summed E-state index contributed by atoms with van der Waals surface area (Å²) in [5.74, 6) is -1.00. The number of furan rings is 1. The van der Waals surface area contributed by atoms with Crippen LogP contribution in [0.15, 0.2) is 56.3 Å². The summed E-state index contributed by atoms with van der Waals surface area (Å²) in [7, 11) is 0. The second-order valence-corrected chi connectivity index (χ2v) is 4.66. The first-order chi connectivity index (χ1) is 10.6. The quantitative estimate of drug-likeness (QED) is 0.796. The average molecular weight is 300 g/mol. The van der Waals surface area contributed by atoms with E-state index in [2.05, 4.69) is 0 Å². The van der Waals surface area contributed by atoms with Gasteiger partial charge in [0, 0.05) is 0 Å². The normalized spacial score (nSPS) is 12.2. The molecule has 0 radical (unpaired) electrons. The van der Waals surface area contributed by atoms with Crippen molar-refractivity contribution in [2.75, 3.05) is 0 Å². The molecule has 0 amide bonds. The van der Waals surface area contributed by atoms with Gasteiger partial charge in [-0.25, -0.2) is 4.79 Å². The molecule has 0 bridgehead atoms. The van der Waals surface area contributed by atoms with Crippen LogP contribution in [-0.4, -0.2) is 17.2 Å². The minimum absolute atomic E-state index is 0.0711. The largest absolute Gasteiger partial charge is 0.479 e. The molecule has 1 N–H and O–H groups in total. The standard InChI is InChI=1S/C16H12O6/c1-9(16(18)19)21-15-13(17)10-5-2-3-6-11(10)22-14(15)12-7-4-8-20-12/h2-9H,1H3,(H,18,19)/t9-/m1/s1. The lowest BCUT2D eigenvalue weighted by Crippen LogP contribution is -2.26. The summed E-state index contributed by atoms with van der Waals surface area (Å²) in [4.78, 5) is 23.6. The van der Waals surface area contributed by atoms with E-state index >= 15 is 0 Å². The van der Waals surface area contributed by atoms with Gasteiger partial charge in [-0.2, -0.15) is 0 Å². The van der Waals surface area contributed by atoms with Gasteiger partial charge in [0.2, 0.25) is 16.9 Å². The van der Waals surface area contributed by atoms with Crippen molar-refractivity contribution in [1.82, 2.24) is 0 Å². The zero-order chi connectivity index (χ0) is 15.7. The van der Waals surface area contributed by atoms with Gasteiger partial charge in [0.15, 0.2) is 11.9 Å². The Hall–Kier alpha value is -3.02. The molecule has 0 aliphatic heterocycles. The molecule has 1 aromatic carbocycles. The number of hydrogen-bond acceptors (Lipinski definition) is 5. The Kier molecular flexibility index (Phi) is 3.42. The van der Waals surface area contributed by atoms with Gasteiger partial charge in [-0.3, -0.25) is 4.79 Å². The van der Waals surface area contributed by atoms with E-state index in [1.165, 1.54) is 13.2 Å². The molecule has 0 unspecified atom stereocenters. The van der Waals surface area contributed by atoms with E-state index in [0.717, 1.165) is 0 Å². The summed E-state index contributed by atoms with van der Waals surface area (Å²) >= 11 is 0. The summed E-state index contributed by atoms with van der Waals surface area (Å²) in [6.07, 6.45) is 0.229. The molecule has 0 aliphatic rings. The fraction of sp³-hybridized carbons (Fsp3) is 0.125. The molecule has 2 heterocycles. The maximum absolute atomic E-state index is 12.6. The van der Waals surface area contributed by atoms with Crippen molar-refractivity contribution in [3.05, 3.63) is 52.9 Å². The molecule has 3 rings (SSSR count). The predicted molar refractivity (Wildman–Crippen MR) is 77.9 cm³/mol. The molecule has 0 aliphatic carbocycles. The first-order valence-electron chi connectivity index (χ1n) is 6.57. The molecule has 2 aromatic heterocycles. The third-order valence-corrected chi connectivity index (χ3v) is 3.14. The van der Waals surface area contributed by atoms with E-state index in [1.54, 1.807) is 36.4 Å². The van der Waals surface area contributed by atoms with Crippen LogP contribution in [0, 0.1) is 0 Å². The Morgan fingerprint density at radius 1 is 1.23 bits per heavy atom. The average Bonchev–Trinajstić information content (AvgIpc) is 3.04. The second kappa shape index (κ2) is 5.40. The van der Waals surface area contributed by atoms with Gasteiger partial charge >= 0.3 is 5.97 Å². The predicted octanol–water partition coefficient (Wildman–Crippen LogP) is 2.90. The van der Waals surface area contributed by atoms with E-state index in [9.17, 15) is 9.59 Å². The topological polar surface area (TPSA) is 89.9 Å². The number of carboxylic acid groups (broad SMARTS) is 1. The molecule has 0 saturated heterocycles. The smallest absolute Gasteiger partial charge is 0.344 e. The van der Waals surface area contributed by atoms with Gasteiger partial charge < -0.3 is 18.7 Å². The van der Waals surface area contributed by atoms with Crippen molar-refractivity contribution in [3.8, 4) is 17.3 Å². The van der Waals surface area contributed by atoms with Crippen molar-refractivity contribution in [2.24, 2.45) is 0 Å². The fourth-order valence-corrected chi connectivity index (χ4v) is 2.03. The second-order valence-electron chi connectivity index (χ2n) is 4.66. The van der Waals surface area contributed by atoms with Gasteiger partial charge in [-0.1, -0.05) is 12.1 Å². The van der Waals surface area contributed by atoms with Crippen LogP contribution in [0.2, 0.25) is 0 Å². The molecule has 0 saturated carbocycles. The monoisotopic (exact) mass is 300 g/mol. The third kappa shape index (κ3) is 2.35. The zero-order valence-electron chi connectivity index (χ0n) is 11.6. The van der Waals surface area contributed by atoms with Crippen molar-refractivity contribution in [2.45, 2.75) is 13.0 Å². The Balaban J connectivity index is 2.26. The number of carboxylic acids is 1. The molecule has 112 valence electrons. The number of rotatable bonds is 4. The molecule has 6 nitrogen and oxygen atoms in total. The van der Waals surface area contributed by atoms with E-state index in [4.69, 9.17) is 18.7 Å². The number of aliphatic carboxylic acids is 1. The zero-order valence-corrected chi connectivity index (χ0v) is 11.6. The van der Waals surface area contributed by atoms with Gasteiger partial charge in [-0.05, 0) is 31.2 Å². The first-order valence-corrected chi connectivity index (χ1v) is 6.57. The number of ether oxygens (including phenoxy) is 1. The number of fused-ring (bicyclic) bond motifs is 1. The molecule has 22 heavy (non-hydrogen) atoms. The minimum Gasteiger partial charge on any atom is -0.479 e. The Labute approximate surface area is 124 Å². The maximum atomic E-state index is 12.6. The van der Waals surface area contributed by atoms with Crippen LogP contribution < -0.4 is 10.2 Å². The first kappa shape index (κ1) is 13.9. The lowest BCUT2D eigenvalue weighted by atomic mass is 10.2. The molecule has 3 aromatic rings. The molecular weight excluding hydrogens is 288 g/mol. The Bertz CT molecular complexity index is 875. The summed E-state index contributed by atoms with van der Waals surface area (Å²) in [6, 6.07) is 9.90. The Morgan fingerprint density at radius 2 is 2.00 bits per heavy atom. The highest BCUT2D eigenvalue weighted by atomic mass is 16.5. The van der Waals surface area contributed by atoms with Crippen LogP contribution in [-0.2, 0) is 4.79 Å². The lowest BCUT2D eigenvalue weighted by molar-refractivity contribution is -0.144. The van der Waals surface area contributed by atoms with Gasteiger partial charge in [0.1, 0.15) is 5.58 Å². The number of carbonyl (C=O) groups is 1. The molecule has 0 fully saturated rings. The molecular formula is C16H12O6. The van der Waals surface area contributed by atoms with Gasteiger partial charge in [0.05, 0.1) is 11.6 Å². The Morgan fingerprint density at radius 3 is 2.68 bits per heavy atom. The van der Waals surface area contributed by atoms with Crippen LogP contribution in [0.25, 0.3) is 22.5 Å². The van der Waals surface area contributed by atoms with Gasteiger partial charge in [0.25, 0.3) is 0 Å². The summed E-state index contributed by atoms with van der Waals surface area (Å²) in [6.45, 7) is 1.34. The van der Waals surface area contributed by atoms with E-state index in [-0.39, 0.29) is 17.3 Å². The molecule has 0 spiro atoms. The summed E-state index contributed by atoms with van der Waals surface area (Å²) < 4.78 is 16.2. The fourth-order valence-electron chi connectivity index (χ4n) is 2.03. The van der Waals surface area contributed by atoms with E-state index < -0.39 is 17.5 Å². The van der Waals surface area contributed by atoms with Crippen molar-refractivity contribution >= 4 is 16.9 Å². The minimum atomic E-state index is -1.20. The van der Waals surface area contributed by atoms with Crippen molar-refractivity contribution < 1.29 is 23.5 Å². The third-order valence-electron chi connectivity index (χ3n) is 3.14. The SMILES string of the molecule is C[C@@H](Oc1c(-c2ccco2)oc2ccccc2c1=O)C(=O)O. The molecule has 6 heteroatoms. The van der Waals surface area contributed by atoms with Crippen LogP contribution >= 0.6 is 0 Å². The van der Waals surface area contributed by atoms with Crippen LogP contribution in [0.3, 0.4) is 0 Å². The highest BCUT2D eigenvalue weighted by Crippen LogP contribution is 2.31. The highest BCUT2D eigenvalue weighted by molar-refractivity contribution is 5.81. The summed E-state index contributed by atoms with van der Waals surface area (Å²) in [5.41, 5.74) is -0.0735. The van der Waals surface area contributed by atoms with E-state index in [1.807, 2.05) is 0 Å². The highest BCUT2D eigenvalue weighted by Gasteiger charge is 2.23. The number of hydrogen-bond donors (Lipinski definition) is 1. The van der Waals surface area contributed by atoms with Crippen LogP contribution in [0.5, 0.6) is 5.75 Å². The van der Waals surface area contributed by atoms with Crippen LogP contribution in [0.1, 0.15) is 6.92 Å². The maximum Gasteiger partial charge on any atom is 0.344 e. The van der Waals surface area contributed by atoms with Gasteiger partial charge in [-0.15, -0.1) is 0 Å². The number of benzene rings is 1.